The molecule has 0 spiro atoms. The Morgan fingerprint density at radius 1 is 1.16 bits per heavy atom. The van der Waals surface area contributed by atoms with Gasteiger partial charge in [0.15, 0.2) is 0 Å². The number of hydrogen-bond acceptors (Lipinski definition) is 2. The van der Waals surface area contributed by atoms with Crippen molar-refractivity contribution in [1.29, 1.82) is 0 Å². The van der Waals surface area contributed by atoms with Gasteiger partial charge in [0.2, 0.25) is 11.8 Å². The second-order valence-corrected chi connectivity index (χ2v) is 6.56. The average molecular weight is 379 g/mol. The molecule has 25 heavy (non-hydrogen) atoms. The molecule has 0 aliphatic carbocycles. The summed E-state index contributed by atoms with van der Waals surface area (Å²) in [6.07, 6.45) is 0.769. The molecule has 2 aromatic rings. The first-order valence-electron chi connectivity index (χ1n) is 7.95. The Balaban J connectivity index is 2.25. The van der Waals surface area contributed by atoms with E-state index in [2.05, 4.69) is 5.32 Å². The van der Waals surface area contributed by atoms with Crippen molar-refractivity contribution in [3.63, 3.8) is 0 Å². The number of benzene rings is 2. The van der Waals surface area contributed by atoms with Gasteiger partial charge in [0, 0.05) is 11.9 Å². The van der Waals surface area contributed by atoms with Crippen molar-refractivity contribution in [2.45, 2.75) is 27.2 Å². The quantitative estimate of drug-likeness (QED) is 0.807. The van der Waals surface area contributed by atoms with Gasteiger partial charge in [0.1, 0.15) is 6.54 Å². The Bertz CT molecular complexity index is 806. The van der Waals surface area contributed by atoms with Crippen LogP contribution in [0, 0.1) is 6.92 Å². The van der Waals surface area contributed by atoms with E-state index >= 15 is 0 Å². The third-order valence-corrected chi connectivity index (χ3v) is 4.41. The second kappa shape index (κ2) is 8.37. The Morgan fingerprint density at radius 3 is 2.48 bits per heavy atom. The number of amides is 2. The molecule has 0 aliphatic heterocycles. The average Bonchev–Trinajstić information content (AvgIpc) is 2.55. The van der Waals surface area contributed by atoms with Crippen LogP contribution in [0.5, 0.6) is 0 Å². The predicted molar refractivity (Wildman–Crippen MR) is 104 cm³/mol. The molecule has 0 radical (unpaired) electrons. The van der Waals surface area contributed by atoms with Crippen LogP contribution in [-0.4, -0.2) is 18.4 Å². The predicted octanol–water partition coefficient (Wildman–Crippen LogP) is 4.86. The van der Waals surface area contributed by atoms with E-state index in [-0.39, 0.29) is 18.4 Å². The molecule has 1 N–H and O–H groups in total. The van der Waals surface area contributed by atoms with Crippen molar-refractivity contribution < 1.29 is 9.59 Å². The van der Waals surface area contributed by atoms with Crippen LogP contribution in [0.4, 0.5) is 11.4 Å². The molecule has 2 rings (SSSR count). The highest BCUT2D eigenvalue weighted by Crippen LogP contribution is 2.27. The number of carbonyl (C=O) groups excluding carboxylic acids is 2. The summed E-state index contributed by atoms with van der Waals surface area (Å²) in [5.41, 5.74) is 3.22. The van der Waals surface area contributed by atoms with Gasteiger partial charge in [-0.3, -0.25) is 9.59 Å². The monoisotopic (exact) mass is 378 g/mol. The van der Waals surface area contributed by atoms with E-state index in [1.807, 2.05) is 32.0 Å². The van der Waals surface area contributed by atoms with Crippen LogP contribution in [0.3, 0.4) is 0 Å². The molecule has 6 heteroatoms. The number of nitrogens with one attached hydrogen (secondary N) is 1. The number of hydrogen-bond donors (Lipinski definition) is 1. The standard InChI is InChI=1S/C19H20Cl2N2O2/c1-4-14-7-5-6-12(2)19(14)23(13(3)24)11-18(25)22-17-9-8-15(20)10-16(17)21/h5-10H,4,11H2,1-3H3,(H,22,25). The molecule has 132 valence electrons. The summed E-state index contributed by atoms with van der Waals surface area (Å²) in [7, 11) is 0. The van der Waals surface area contributed by atoms with Crippen molar-refractivity contribution >= 4 is 46.4 Å². The van der Waals surface area contributed by atoms with E-state index in [4.69, 9.17) is 23.2 Å². The molecule has 0 heterocycles. The Labute approximate surface area is 157 Å². The van der Waals surface area contributed by atoms with Crippen molar-refractivity contribution in [2.75, 3.05) is 16.8 Å². The maximum Gasteiger partial charge on any atom is 0.244 e. The summed E-state index contributed by atoms with van der Waals surface area (Å²) >= 11 is 11.9. The van der Waals surface area contributed by atoms with Gasteiger partial charge >= 0.3 is 0 Å². The summed E-state index contributed by atoms with van der Waals surface area (Å²) in [5.74, 6) is -0.522. The summed E-state index contributed by atoms with van der Waals surface area (Å²) in [6.45, 7) is 5.31. The zero-order valence-corrected chi connectivity index (χ0v) is 15.9. The topological polar surface area (TPSA) is 49.4 Å². The molecule has 0 aliphatic rings. The van der Waals surface area contributed by atoms with Crippen LogP contribution in [-0.2, 0) is 16.0 Å². The molecular weight excluding hydrogens is 359 g/mol. The van der Waals surface area contributed by atoms with Crippen molar-refractivity contribution in [1.82, 2.24) is 0 Å². The van der Waals surface area contributed by atoms with E-state index in [9.17, 15) is 9.59 Å². The first-order chi connectivity index (χ1) is 11.8. The van der Waals surface area contributed by atoms with Crippen LogP contribution >= 0.6 is 23.2 Å². The largest absolute Gasteiger partial charge is 0.323 e. The number of carbonyl (C=O) groups is 2. The summed E-state index contributed by atoms with van der Waals surface area (Å²) in [5, 5.41) is 3.56. The highest BCUT2D eigenvalue weighted by molar-refractivity contribution is 6.36. The molecule has 0 saturated carbocycles. The number of para-hydroxylation sites is 1. The van der Waals surface area contributed by atoms with E-state index in [1.54, 1.807) is 18.2 Å². The molecule has 0 atom stereocenters. The lowest BCUT2D eigenvalue weighted by Gasteiger charge is -2.25. The number of halogens is 2. The maximum absolute atomic E-state index is 12.5. The van der Waals surface area contributed by atoms with Gasteiger partial charge < -0.3 is 10.2 Å². The van der Waals surface area contributed by atoms with Gasteiger partial charge in [0.05, 0.1) is 16.4 Å². The molecule has 0 saturated heterocycles. The minimum Gasteiger partial charge on any atom is -0.323 e. The van der Waals surface area contributed by atoms with Gasteiger partial charge in [0.25, 0.3) is 0 Å². The number of anilines is 2. The third kappa shape index (κ3) is 4.74. The molecular formula is C19H20Cl2N2O2. The molecule has 4 nitrogen and oxygen atoms in total. The van der Waals surface area contributed by atoms with Crippen molar-refractivity contribution in [2.24, 2.45) is 0 Å². The van der Waals surface area contributed by atoms with Crippen LogP contribution < -0.4 is 10.2 Å². The Kier molecular flexibility index (Phi) is 6.45. The van der Waals surface area contributed by atoms with Crippen molar-refractivity contribution in [3.05, 3.63) is 57.6 Å². The molecule has 0 bridgehead atoms. The lowest BCUT2D eigenvalue weighted by molar-refractivity contribution is -0.120. The second-order valence-electron chi connectivity index (χ2n) is 5.71. The van der Waals surface area contributed by atoms with Crippen LogP contribution in [0.25, 0.3) is 0 Å². The van der Waals surface area contributed by atoms with Gasteiger partial charge in [-0.15, -0.1) is 0 Å². The van der Waals surface area contributed by atoms with E-state index in [0.29, 0.717) is 15.7 Å². The third-order valence-electron chi connectivity index (χ3n) is 3.86. The highest BCUT2D eigenvalue weighted by atomic mass is 35.5. The van der Waals surface area contributed by atoms with Crippen LogP contribution in [0.1, 0.15) is 25.0 Å². The van der Waals surface area contributed by atoms with Crippen LogP contribution in [0.2, 0.25) is 10.0 Å². The zero-order chi connectivity index (χ0) is 18.6. The minimum absolute atomic E-state index is 0.0911. The number of rotatable bonds is 5. The Hall–Kier alpha value is -2.04. The molecule has 2 amide bonds. The van der Waals surface area contributed by atoms with E-state index in [0.717, 1.165) is 23.2 Å². The molecule has 0 fully saturated rings. The number of nitrogens with zero attached hydrogens (tertiary/aromatic N) is 1. The zero-order valence-electron chi connectivity index (χ0n) is 14.4. The fraction of sp³-hybridized carbons (Fsp3) is 0.263. The first-order valence-corrected chi connectivity index (χ1v) is 8.70. The lowest BCUT2D eigenvalue weighted by Crippen LogP contribution is -2.37. The van der Waals surface area contributed by atoms with E-state index in [1.165, 1.54) is 11.8 Å². The Morgan fingerprint density at radius 2 is 1.88 bits per heavy atom. The van der Waals surface area contributed by atoms with Gasteiger partial charge in [-0.2, -0.15) is 0 Å². The van der Waals surface area contributed by atoms with E-state index < -0.39 is 0 Å². The van der Waals surface area contributed by atoms with Crippen LogP contribution in [0.15, 0.2) is 36.4 Å². The summed E-state index contributed by atoms with van der Waals surface area (Å²) in [4.78, 5) is 26.1. The van der Waals surface area contributed by atoms with Crippen molar-refractivity contribution in [3.8, 4) is 0 Å². The lowest BCUT2D eigenvalue weighted by atomic mass is 10.0. The SMILES string of the molecule is CCc1cccc(C)c1N(CC(=O)Nc1ccc(Cl)cc1Cl)C(C)=O. The summed E-state index contributed by atoms with van der Waals surface area (Å²) < 4.78 is 0. The van der Waals surface area contributed by atoms with Gasteiger partial charge in [-0.05, 0) is 42.7 Å². The summed E-state index contributed by atoms with van der Waals surface area (Å²) in [6, 6.07) is 10.7. The highest BCUT2D eigenvalue weighted by Gasteiger charge is 2.20. The minimum atomic E-state index is -0.329. The smallest absolute Gasteiger partial charge is 0.244 e. The molecule has 0 unspecified atom stereocenters. The van der Waals surface area contributed by atoms with Gasteiger partial charge in [-0.25, -0.2) is 0 Å². The fourth-order valence-corrected chi connectivity index (χ4v) is 3.12. The molecule has 2 aromatic carbocycles. The van der Waals surface area contributed by atoms with Gasteiger partial charge in [-0.1, -0.05) is 48.3 Å². The molecule has 0 aromatic heterocycles. The first kappa shape index (κ1) is 19.3. The maximum atomic E-state index is 12.5. The fourth-order valence-electron chi connectivity index (χ4n) is 2.66. The number of aryl methyl sites for hydroxylation is 2. The normalized spacial score (nSPS) is 10.4.